The first-order valence-electron chi connectivity index (χ1n) is 6.76. The Kier molecular flexibility index (Phi) is 4.44. The minimum absolute atomic E-state index is 0.447. The molecule has 1 N–H and O–H groups in total. The van der Waals surface area contributed by atoms with Gasteiger partial charge in [-0.15, -0.1) is 11.8 Å². The lowest BCUT2D eigenvalue weighted by atomic mass is 9.89. The zero-order valence-corrected chi connectivity index (χ0v) is 13.7. The van der Waals surface area contributed by atoms with E-state index in [9.17, 15) is 0 Å². The molecule has 0 spiro atoms. The number of pyridine rings is 1. The first-order valence-corrected chi connectivity index (χ1v) is 8.54. The van der Waals surface area contributed by atoms with Gasteiger partial charge in [0, 0.05) is 39.5 Å². The van der Waals surface area contributed by atoms with E-state index in [1.165, 1.54) is 16.0 Å². The van der Waals surface area contributed by atoms with E-state index in [1.807, 2.05) is 24.2 Å². The van der Waals surface area contributed by atoms with Gasteiger partial charge in [0.2, 0.25) is 0 Å². The molecule has 0 amide bonds. The molecular weight excluding hydrogens is 332 g/mol. The fourth-order valence-electron chi connectivity index (χ4n) is 2.79. The fourth-order valence-corrected chi connectivity index (χ4v) is 4.53. The summed E-state index contributed by atoms with van der Waals surface area (Å²) in [5.74, 6) is 1.73. The highest BCUT2D eigenvalue weighted by Crippen LogP contribution is 2.41. The van der Waals surface area contributed by atoms with Crippen LogP contribution >= 0.6 is 27.7 Å². The topological polar surface area (TPSA) is 24.9 Å². The van der Waals surface area contributed by atoms with Crippen molar-refractivity contribution >= 4 is 27.7 Å². The van der Waals surface area contributed by atoms with Crippen LogP contribution in [-0.4, -0.2) is 23.8 Å². The van der Waals surface area contributed by atoms with E-state index in [-0.39, 0.29) is 0 Å². The quantitative estimate of drug-likeness (QED) is 0.907. The zero-order valence-electron chi connectivity index (χ0n) is 11.3. The van der Waals surface area contributed by atoms with Gasteiger partial charge in [-0.2, -0.15) is 0 Å². The van der Waals surface area contributed by atoms with E-state index in [0.717, 1.165) is 16.6 Å². The van der Waals surface area contributed by atoms with Crippen molar-refractivity contribution in [2.45, 2.75) is 23.3 Å². The van der Waals surface area contributed by atoms with E-state index < -0.39 is 0 Å². The normalized spacial score (nSPS) is 18.8. The number of halogens is 1. The summed E-state index contributed by atoms with van der Waals surface area (Å²) in [7, 11) is 2.06. The number of benzene rings is 1. The SMILES string of the molecule is CNC(Cc1cncc(Br)c1)C1CSc2ccccc21. The third-order valence-electron chi connectivity index (χ3n) is 3.81. The van der Waals surface area contributed by atoms with E-state index in [1.54, 1.807) is 0 Å². The molecule has 2 nitrogen and oxygen atoms in total. The number of hydrogen-bond acceptors (Lipinski definition) is 3. The van der Waals surface area contributed by atoms with Crippen molar-refractivity contribution in [3.05, 3.63) is 58.3 Å². The number of aromatic nitrogens is 1. The van der Waals surface area contributed by atoms with Gasteiger partial charge in [-0.05, 0) is 52.7 Å². The van der Waals surface area contributed by atoms with Crippen LogP contribution < -0.4 is 5.32 Å². The smallest absolute Gasteiger partial charge is 0.0410 e. The Morgan fingerprint density at radius 3 is 3.05 bits per heavy atom. The van der Waals surface area contributed by atoms with E-state index >= 15 is 0 Å². The molecule has 4 heteroatoms. The van der Waals surface area contributed by atoms with E-state index in [2.05, 4.69) is 63.6 Å². The van der Waals surface area contributed by atoms with Crippen LogP contribution in [0.1, 0.15) is 17.0 Å². The monoisotopic (exact) mass is 348 g/mol. The van der Waals surface area contributed by atoms with Crippen molar-refractivity contribution < 1.29 is 0 Å². The third kappa shape index (κ3) is 2.92. The Labute approximate surface area is 132 Å². The first kappa shape index (κ1) is 14.1. The lowest BCUT2D eigenvalue weighted by Crippen LogP contribution is -2.34. The molecule has 0 saturated carbocycles. The highest BCUT2D eigenvalue weighted by Gasteiger charge is 2.29. The minimum atomic E-state index is 0.447. The average molecular weight is 349 g/mol. The Balaban J connectivity index is 1.81. The van der Waals surface area contributed by atoms with Crippen molar-refractivity contribution in [3.8, 4) is 0 Å². The molecule has 104 valence electrons. The molecule has 1 aromatic carbocycles. The molecule has 2 atom stereocenters. The van der Waals surface area contributed by atoms with Gasteiger partial charge < -0.3 is 5.32 Å². The molecule has 3 rings (SSSR count). The molecule has 2 aromatic rings. The van der Waals surface area contributed by atoms with Crippen molar-refractivity contribution in [1.82, 2.24) is 10.3 Å². The van der Waals surface area contributed by atoms with Crippen LogP contribution in [0.25, 0.3) is 0 Å². The summed E-state index contributed by atoms with van der Waals surface area (Å²) >= 11 is 5.46. The summed E-state index contributed by atoms with van der Waals surface area (Å²) in [4.78, 5) is 5.70. The minimum Gasteiger partial charge on any atom is -0.316 e. The van der Waals surface area contributed by atoms with Crippen molar-refractivity contribution in [1.29, 1.82) is 0 Å². The van der Waals surface area contributed by atoms with Gasteiger partial charge in [-0.25, -0.2) is 0 Å². The molecule has 20 heavy (non-hydrogen) atoms. The molecular formula is C16H17BrN2S. The third-order valence-corrected chi connectivity index (χ3v) is 5.45. The molecule has 2 unspecified atom stereocenters. The largest absolute Gasteiger partial charge is 0.316 e. The molecule has 2 heterocycles. The number of likely N-dealkylation sites (N-methyl/N-ethyl adjacent to an activating group) is 1. The lowest BCUT2D eigenvalue weighted by Gasteiger charge is -2.23. The van der Waals surface area contributed by atoms with Crippen LogP contribution in [0.4, 0.5) is 0 Å². The van der Waals surface area contributed by atoms with Crippen LogP contribution in [0.3, 0.4) is 0 Å². The summed E-state index contributed by atoms with van der Waals surface area (Å²) < 4.78 is 1.05. The molecule has 0 radical (unpaired) electrons. The van der Waals surface area contributed by atoms with Gasteiger partial charge in [-0.1, -0.05) is 18.2 Å². The number of rotatable bonds is 4. The van der Waals surface area contributed by atoms with E-state index in [4.69, 9.17) is 0 Å². The lowest BCUT2D eigenvalue weighted by molar-refractivity contribution is 0.488. The Hall–Kier alpha value is -0.840. The van der Waals surface area contributed by atoms with Crippen molar-refractivity contribution in [3.63, 3.8) is 0 Å². The average Bonchev–Trinajstić information content (AvgIpc) is 2.89. The van der Waals surface area contributed by atoms with Crippen LogP contribution in [0.15, 0.2) is 52.1 Å². The highest BCUT2D eigenvalue weighted by molar-refractivity contribution is 9.10. The zero-order chi connectivity index (χ0) is 13.9. The Morgan fingerprint density at radius 1 is 1.40 bits per heavy atom. The standard InChI is InChI=1S/C16H17BrN2S/c1-18-15(7-11-6-12(17)9-19-8-11)14-10-20-16-5-3-2-4-13(14)16/h2-6,8-9,14-15,18H,7,10H2,1H3. The number of nitrogens with one attached hydrogen (secondary N) is 1. The summed E-state index contributed by atoms with van der Waals surface area (Å²) in [5, 5.41) is 3.50. The van der Waals surface area contributed by atoms with Crippen LogP contribution in [0, 0.1) is 0 Å². The second-order valence-corrected chi connectivity index (χ2v) is 7.04. The molecule has 0 bridgehead atoms. The molecule has 0 fully saturated rings. The fraction of sp³-hybridized carbons (Fsp3) is 0.312. The molecule has 0 saturated heterocycles. The second kappa shape index (κ2) is 6.29. The van der Waals surface area contributed by atoms with Crippen molar-refractivity contribution in [2.75, 3.05) is 12.8 Å². The molecule has 1 aliphatic heterocycles. The number of fused-ring (bicyclic) bond motifs is 1. The maximum atomic E-state index is 4.26. The number of nitrogens with zero attached hydrogens (tertiary/aromatic N) is 1. The van der Waals surface area contributed by atoms with Crippen LogP contribution in [0.5, 0.6) is 0 Å². The summed E-state index contributed by atoms with van der Waals surface area (Å²) in [5.41, 5.74) is 2.76. The van der Waals surface area contributed by atoms with Gasteiger partial charge in [-0.3, -0.25) is 4.98 Å². The van der Waals surface area contributed by atoms with Gasteiger partial charge in [0.1, 0.15) is 0 Å². The van der Waals surface area contributed by atoms with Gasteiger partial charge >= 0.3 is 0 Å². The maximum absolute atomic E-state index is 4.26. The predicted molar refractivity (Wildman–Crippen MR) is 88.4 cm³/mol. The molecule has 1 aliphatic rings. The Morgan fingerprint density at radius 2 is 2.25 bits per heavy atom. The predicted octanol–water partition coefficient (Wildman–Crippen LogP) is 3.86. The maximum Gasteiger partial charge on any atom is 0.0410 e. The second-order valence-electron chi connectivity index (χ2n) is 5.07. The summed E-state index contributed by atoms with van der Waals surface area (Å²) in [6.45, 7) is 0. The van der Waals surface area contributed by atoms with E-state index in [0.29, 0.717) is 12.0 Å². The summed E-state index contributed by atoms with van der Waals surface area (Å²) in [6, 6.07) is 11.4. The number of thioether (sulfide) groups is 1. The molecule has 0 aliphatic carbocycles. The van der Waals surface area contributed by atoms with Crippen LogP contribution in [-0.2, 0) is 6.42 Å². The van der Waals surface area contributed by atoms with Crippen molar-refractivity contribution in [2.24, 2.45) is 0 Å². The highest BCUT2D eigenvalue weighted by atomic mass is 79.9. The molecule has 1 aromatic heterocycles. The van der Waals surface area contributed by atoms with Gasteiger partial charge in [0.15, 0.2) is 0 Å². The summed E-state index contributed by atoms with van der Waals surface area (Å²) in [6.07, 6.45) is 4.80. The van der Waals surface area contributed by atoms with Gasteiger partial charge in [0.05, 0.1) is 0 Å². The van der Waals surface area contributed by atoms with Crippen LogP contribution in [0.2, 0.25) is 0 Å². The Bertz CT molecular complexity index is 603. The number of hydrogen-bond donors (Lipinski definition) is 1. The first-order chi connectivity index (χ1) is 9.78. The van der Waals surface area contributed by atoms with Gasteiger partial charge in [0.25, 0.3) is 0 Å².